The first-order chi connectivity index (χ1) is 14.8. The maximum Gasteiger partial charge on any atom is 0.321 e. The average molecular weight is 461 g/mol. The minimum Gasteiger partial charge on any atom is -0.455 e. The minimum absolute atomic E-state index is 0.345. The highest BCUT2D eigenvalue weighted by atomic mass is 32.2. The Labute approximate surface area is 186 Å². The number of hydrogen-bond donors (Lipinski definition) is 1. The van der Waals surface area contributed by atoms with Gasteiger partial charge >= 0.3 is 5.97 Å². The zero-order valence-electron chi connectivity index (χ0n) is 17.1. The normalized spacial score (nSPS) is 16.5. The lowest BCUT2D eigenvalue weighted by Crippen LogP contribution is -2.37. The number of rotatable bonds is 7. The lowest BCUT2D eigenvalue weighted by Gasteiger charge is -2.22. The standard InChI is InChI=1S/C22H24N2O5S2/c1-17-11-13-24(19-9-5-6-10-20(19)30-17)21(25)16-29-22(26)15-23-31(27,28)14-12-18-7-3-2-4-8-18/h2-10,12,14,17,23H,11,13,15-16H2,1H3/b14-12+. The van der Waals surface area contributed by atoms with Crippen molar-refractivity contribution in [3.63, 3.8) is 0 Å². The second kappa shape index (κ2) is 10.6. The zero-order valence-corrected chi connectivity index (χ0v) is 18.7. The van der Waals surface area contributed by atoms with E-state index < -0.39 is 29.1 Å². The van der Waals surface area contributed by atoms with Crippen LogP contribution in [0.4, 0.5) is 5.69 Å². The molecular formula is C22H24N2O5S2. The van der Waals surface area contributed by atoms with Crippen molar-refractivity contribution in [2.24, 2.45) is 0 Å². The maximum absolute atomic E-state index is 12.7. The summed E-state index contributed by atoms with van der Waals surface area (Å²) in [6.07, 6.45) is 2.24. The summed E-state index contributed by atoms with van der Waals surface area (Å²) in [5, 5.41) is 1.34. The molecule has 31 heavy (non-hydrogen) atoms. The molecule has 1 heterocycles. The molecule has 7 nitrogen and oxygen atoms in total. The summed E-state index contributed by atoms with van der Waals surface area (Å²) in [5.74, 6) is -1.17. The van der Waals surface area contributed by atoms with Gasteiger partial charge in [-0.15, -0.1) is 11.8 Å². The summed E-state index contributed by atoms with van der Waals surface area (Å²) in [6.45, 7) is 1.62. The number of carbonyl (C=O) groups is 2. The van der Waals surface area contributed by atoms with Crippen molar-refractivity contribution in [2.45, 2.75) is 23.5 Å². The second-order valence-corrected chi connectivity index (χ2v) is 10.1. The molecule has 0 spiro atoms. The highest BCUT2D eigenvalue weighted by molar-refractivity contribution is 8.00. The molecule has 1 aliphatic heterocycles. The Bertz CT molecular complexity index is 1050. The van der Waals surface area contributed by atoms with Gasteiger partial charge in [0.15, 0.2) is 6.61 Å². The highest BCUT2D eigenvalue weighted by Crippen LogP contribution is 2.37. The molecule has 1 atom stereocenters. The Hall–Kier alpha value is -2.62. The lowest BCUT2D eigenvalue weighted by atomic mass is 10.2. The minimum atomic E-state index is -3.81. The monoisotopic (exact) mass is 460 g/mol. The van der Waals surface area contributed by atoms with Gasteiger partial charge in [-0.05, 0) is 30.2 Å². The fourth-order valence-electron chi connectivity index (χ4n) is 2.96. The summed E-state index contributed by atoms with van der Waals surface area (Å²) in [5.41, 5.74) is 1.51. The third-order valence-corrected chi connectivity index (χ3v) is 6.84. The van der Waals surface area contributed by atoms with Crippen LogP contribution in [-0.2, 0) is 24.3 Å². The molecule has 1 amide bonds. The van der Waals surface area contributed by atoms with Crippen molar-refractivity contribution in [1.82, 2.24) is 4.72 Å². The number of anilines is 1. The molecule has 0 bridgehead atoms. The Balaban J connectivity index is 1.51. The molecule has 1 aliphatic rings. The smallest absolute Gasteiger partial charge is 0.321 e. The fraction of sp³-hybridized carbons (Fsp3) is 0.273. The number of carbonyl (C=O) groups excluding carboxylic acids is 2. The van der Waals surface area contributed by atoms with E-state index in [0.717, 1.165) is 22.4 Å². The molecule has 2 aromatic carbocycles. The molecule has 2 aromatic rings. The summed E-state index contributed by atoms with van der Waals surface area (Å²) in [7, 11) is -3.81. The van der Waals surface area contributed by atoms with Crippen LogP contribution in [0.1, 0.15) is 18.9 Å². The quantitative estimate of drug-likeness (QED) is 0.639. The Morgan fingerprint density at radius 3 is 2.65 bits per heavy atom. The summed E-state index contributed by atoms with van der Waals surface area (Å²) in [4.78, 5) is 27.3. The van der Waals surface area contributed by atoms with Crippen LogP contribution in [0.15, 0.2) is 64.9 Å². The molecule has 0 radical (unpaired) electrons. The van der Waals surface area contributed by atoms with E-state index in [1.54, 1.807) is 40.9 Å². The Kier molecular flexibility index (Phi) is 7.89. The highest BCUT2D eigenvalue weighted by Gasteiger charge is 2.24. The van der Waals surface area contributed by atoms with Crippen molar-refractivity contribution in [2.75, 3.05) is 24.6 Å². The molecule has 0 saturated carbocycles. The molecule has 0 saturated heterocycles. The predicted molar refractivity (Wildman–Crippen MR) is 122 cm³/mol. The van der Waals surface area contributed by atoms with Crippen LogP contribution in [-0.4, -0.2) is 45.2 Å². The van der Waals surface area contributed by atoms with Crippen molar-refractivity contribution in [1.29, 1.82) is 0 Å². The third kappa shape index (κ3) is 6.95. The number of fused-ring (bicyclic) bond motifs is 1. The zero-order chi connectivity index (χ0) is 22.3. The van der Waals surface area contributed by atoms with Gasteiger partial charge in [0.2, 0.25) is 10.0 Å². The van der Waals surface area contributed by atoms with Gasteiger partial charge in [-0.1, -0.05) is 49.4 Å². The van der Waals surface area contributed by atoms with Crippen molar-refractivity contribution < 1.29 is 22.7 Å². The number of nitrogens with zero attached hydrogens (tertiary/aromatic N) is 1. The fourth-order valence-corrected chi connectivity index (χ4v) is 4.82. The summed E-state index contributed by atoms with van der Waals surface area (Å²) >= 11 is 1.71. The van der Waals surface area contributed by atoms with Gasteiger partial charge in [0.05, 0.1) is 5.69 Å². The summed E-state index contributed by atoms with van der Waals surface area (Å²) < 4.78 is 31.2. The van der Waals surface area contributed by atoms with Crippen molar-refractivity contribution >= 4 is 45.4 Å². The van der Waals surface area contributed by atoms with E-state index in [2.05, 4.69) is 11.6 Å². The van der Waals surface area contributed by atoms with E-state index in [1.165, 1.54) is 6.08 Å². The van der Waals surface area contributed by atoms with Crippen LogP contribution in [0.5, 0.6) is 0 Å². The first kappa shape index (κ1) is 23.1. The number of ether oxygens (including phenoxy) is 1. The van der Waals surface area contributed by atoms with Crippen molar-refractivity contribution in [3.05, 3.63) is 65.6 Å². The van der Waals surface area contributed by atoms with Gasteiger partial charge in [0.25, 0.3) is 5.91 Å². The Morgan fingerprint density at radius 2 is 1.87 bits per heavy atom. The molecule has 9 heteroatoms. The lowest BCUT2D eigenvalue weighted by molar-refractivity contribution is -0.146. The number of esters is 1. The second-order valence-electron chi connectivity index (χ2n) is 6.97. The van der Waals surface area contributed by atoms with Crippen LogP contribution in [0.2, 0.25) is 0 Å². The average Bonchev–Trinajstić information content (AvgIpc) is 2.93. The maximum atomic E-state index is 12.7. The van der Waals surface area contributed by atoms with E-state index >= 15 is 0 Å². The predicted octanol–water partition coefficient (Wildman–Crippen LogP) is 3.04. The third-order valence-electron chi connectivity index (χ3n) is 4.56. The molecule has 3 rings (SSSR count). The molecule has 164 valence electrons. The van der Waals surface area contributed by atoms with E-state index in [1.807, 2.05) is 30.3 Å². The van der Waals surface area contributed by atoms with Crippen molar-refractivity contribution in [3.8, 4) is 0 Å². The summed E-state index contributed by atoms with van der Waals surface area (Å²) in [6, 6.07) is 16.5. The van der Waals surface area contributed by atoms with Crippen LogP contribution < -0.4 is 9.62 Å². The van der Waals surface area contributed by atoms with Gasteiger partial charge in [-0.3, -0.25) is 9.59 Å². The van der Waals surface area contributed by atoms with E-state index in [9.17, 15) is 18.0 Å². The number of thioether (sulfide) groups is 1. The van der Waals surface area contributed by atoms with Crippen LogP contribution in [0, 0.1) is 0 Å². The van der Waals surface area contributed by atoms with Gasteiger partial charge < -0.3 is 9.64 Å². The first-order valence-corrected chi connectivity index (χ1v) is 12.2. The molecule has 0 aromatic heterocycles. The number of benzene rings is 2. The van der Waals surface area contributed by atoms with Gasteiger partial charge in [0, 0.05) is 22.1 Å². The van der Waals surface area contributed by atoms with E-state index in [-0.39, 0.29) is 5.91 Å². The molecule has 0 aliphatic carbocycles. The molecule has 1 N–H and O–H groups in total. The van der Waals surface area contributed by atoms with Gasteiger partial charge in [0.1, 0.15) is 6.54 Å². The van der Waals surface area contributed by atoms with E-state index in [0.29, 0.717) is 17.4 Å². The number of amides is 1. The number of sulfonamides is 1. The molecular weight excluding hydrogens is 436 g/mol. The number of nitrogens with one attached hydrogen (secondary N) is 1. The first-order valence-electron chi connectivity index (χ1n) is 9.78. The van der Waals surface area contributed by atoms with E-state index in [4.69, 9.17) is 4.74 Å². The van der Waals surface area contributed by atoms with Crippen LogP contribution >= 0.6 is 11.8 Å². The molecule has 1 unspecified atom stereocenters. The van der Waals surface area contributed by atoms with Gasteiger partial charge in [-0.25, -0.2) is 13.1 Å². The largest absolute Gasteiger partial charge is 0.455 e. The van der Waals surface area contributed by atoms with Gasteiger partial charge in [-0.2, -0.15) is 0 Å². The van der Waals surface area contributed by atoms with Crippen LogP contribution in [0.3, 0.4) is 0 Å². The topological polar surface area (TPSA) is 92.8 Å². The van der Waals surface area contributed by atoms with Crippen LogP contribution in [0.25, 0.3) is 6.08 Å². The Morgan fingerprint density at radius 1 is 1.16 bits per heavy atom. The number of hydrogen-bond acceptors (Lipinski definition) is 6. The SMILES string of the molecule is CC1CCN(C(=O)COC(=O)CNS(=O)(=O)/C=C/c2ccccc2)c2ccccc2S1. The molecule has 0 fully saturated rings. The number of para-hydroxylation sites is 1.